The fraction of sp³-hybridized carbons (Fsp3) is 0.800. The zero-order chi connectivity index (χ0) is 28.9. The van der Waals surface area contributed by atoms with Gasteiger partial charge in [0.1, 0.15) is 16.8 Å². The monoisotopic (exact) mass is 535 g/mol. The summed E-state index contributed by atoms with van der Waals surface area (Å²) >= 11 is 0. The molecule has 0 saturated heterocycles. The van der Waals surface area contributed by atoms with Crippen LogP contribution >= 0.6 is 0 Å². The van der Waals surface area contributed by atoms with Crippen LogP contribution in [0.1, 0.15) is 114 Å². The van der Waals surface area contributed by atoms with Gasteiger partial charge in [-0.15, -0.1) is 0 Å². The Bertz CT molecular complexity index is 822. The molecule has 0 aromatic rings. The molecular formula is C30H49NO7. The van der Waals surface area contributed by atoms with E-state index in [-0.39, 0.29) is 56.3 Å². The Balaban J connectivity index is 2.28. The Kier molecular flexibility index (Phi) is 10.2. The number of fused-ring (bicyclic) bond motifs is 2. The predicted octanol–water partition coefficient (Wildman–Crippen LogP) is 5.42. The first-order valence-electron chi connectivity index (χ1n) is 13.9. The van der Waals surface area contributed by atoms with E-state index in [1.807, 2.05) is 0 Å². The minimum atomic E-state index is -0.979. The maximum Gasteiger partial charge on any atom is 0.306 e. The van der Waals surface area contributed by atoms with Crippen molar-refractivity contribution < 1.29 is 33.4 Å². The summed E-state index contributed by atoms with van der Waals surface area (Å²) in [4.78, 5) is 51.6. The zero-order valence-electron chi connectivity index (χ0n) is 24.9. The standard InChI is InChI=1S/C30H49NO7/c1-27(2,3)36-23(32)12-15-30(16-13-24(33)37-28(4,5)6,17-14-25(34)38-29(7,8)9)31-26(35)22-19-20-10-11-21(22)18-20/h10-11,20-22H,12-19H2,1-9H3,(H,31,35). The molecule has 216 valence electrons. The molecule has 0 aromatic carbocycles. The maximum absolute atomic E-state index is 13.6. The number of amides is 1. The minimum Gasteiger partial charge on any atom is -0.460 e. The molecule has 38 heavy (non-hydrogen) atoms. The van der Waals surface area contributed by atoms with Gasteiger partial charge in [-0.2, -0.15) is 0 Å². The fourth-order valence-corrected chi connectivity index (χ4v) is 5.20. The van der Waals surface area contributed by atoms with Crippen LogP contribution in [0.3, 0.4) is 0 Å². The first-order valence-corrected chi connectivity index (χ1v) is 13.9. The minimum absolute atomic E-state index is 0.0385. The van der Waals surface area contributed by atoms with Crippen LogP contribution in [0.15, 0.2) is 12.2 Å². The first kappa shape index (κ1) is 31.8. The Morgan fingerprint density at radius 3 is 1.34 bits per heavy atom. The van der Waals surface area contributed by atoms with Crippen molar-refractivity contribution in [2.24, 2.45) is 17.8 Å². The summed E-state index contributed by atoms with van der Waals surface area (Å²) < 4.78 is 16.6. The smallest absolute Gasteiger partial charge is 0.306 e. The normalized spacial score (nSPS) is 21.2. The number of nitrogens with one attached hydrogen (secondary N) is 1. The molecule has 3 unspecified atom stereocenters. The highest BCUT2D eigenvalue weighted by atomic mass is 16.6. The summed E-state index contributed by atoms with van der Waals surface area (Å²) in [7, 11) is 0. The first-order chi connectivity index (χ1) is 17.3. The summed E-state index contributed by atoms with van der Waals surface area (Å²) in [6, 6.07) is 0. The van der Waals surface area contributed by atoms with E-state index in [0.29, 0.717) is 5.92 Å². The zero-order valence-corrected chi connectivity index (χ0v) is 24.9. The highest BCUT2D eigenvalue weighted by Gasteiger charge is 2.43. The summed E-state index contributed by atoms with van der Waals surface area (Å²) in [5, 5.41) is 3.22. The Morgan fingerprint density at radius 2 is 1.05 bits per heavy atom. The third kappa shape index (κ3) is 11.2. The van der Waals surface area contributed by atoms with E-state index in [1.165, 1.54) is 0 Å². The molecule has 1 fully saturated rings. The molecule has 1 N–H and O–H groups in total. The van der Waals surface area contributed by atoms with Gasteiger partial charge < -0.3 is 19.5 Å². The molecular weight excluding hydrogens is 486 g/mol. The van der Waals surface area contributed by atoms with Crippen LogP contribution < -0.4 is 5.32 Å². The van der Waals surface area contributed by atoms with E-state index in [9.17, 15) is 19.2 Å². The highest BCUT2D eigenvalue weighted by molar-refractivity contribution is 5.81. The van der Waals surface area contributed by atoms with Crippen LogP contribution in [-0.4, -0.2) is 46.2 Å². The molecule has 0 radical (unpaired) electrons. The maximum atomic E-state index is 13.6. The predicted molar refractivity (Wildman–Crippen MR) is 145 cm³/mol. The van der Waals surface area contributed by atoms with Gasteiger partial charge >= 0.3 is 17.9 Å². The molecule has 8 heteroatoms. The molecule has 2 aliphatic carbocycles. The van der Waals surface area contributed by atoms with Crippen molar-refractivity contribution >= 4 is 23.8 Å². The Labute approximate surface area is 228 Å². The van der Waals surface area contributed by atoms with Gasteiger partial charge in [-0.1, -0.05) is 12.2 Å². The third-order valence-electron chi connectivity index (χ3n) is 6.69. The number of carbonyl (C=O) groups is 4. The van der Waals surface area contributed by atoms with Gasteiger partial charge in [-0.25, -0.2) is 0 Å². The molecule has 2 bridgehead atoms. The number of carbonyl (C=O) groups excluding carboxylic acids is 4. The van der Waals surface area contributed by atoms with E-state index in [1.54, 1.807) is 62.3 Å². The fourth-order valence-electron chi connectivity index (χ4n) is 5.20. The third-order valence-corrected chi connectivity index (χ3v) is 6.69. The van der Waals surface area contributed by atoms with Gasteiger partial charge in [0.2, 0.25) is 5.91 Å². The van der Waals surface area contributed by atoms with Crippen LogP contribution in [0.5, 0.6) is 0 Å². The molecule has 0 aromatic heterocycles. The number of hydrogen-bond acceptors (Lipinski definition) is 7. The van der Waals surface area contributed by atoms with E-state index in [2.05, 4.69) is 17.5 Å². The van der Waals surface area contributed by atoms with Gasteiger partial charge in [-0.05, 0) is 106 Å². The van der Waals surface area contributed by atoms with Gasteiger partial charge in [0.05, 0.1) is 0 Å². The van der Waals surface area contributed by atoms with Crippen molar-refractivity contribution in [2.45, 2.75) is 136 Å². The lowest BCUT2D eigenvalue weighted by atomic mass is 9.82. The van der Waals surface area contributed by atoms with E-state index < -0.39 is 40.2 Å². The topological polar surface area (TPSA) is 108 Å². The van der Waals surface area contributed by atoms with Crippen LogP contribution in [0.2, 0.25) is 0 Å². The highest BCUT2D eigenvalue weighted by Crippen LogP contribution is 2.44. The quantitative estimate of drug-likeness (QED) is 0.214. The lowest BCUT2D eigenvalue weighted by molar-refractivity contribution is -0.156. The van der Waals surface area contributed by atoms with Crippen LogP contribution in [0.4, 0.5) is 0 Å². The summed E-state index contributed by atoms with van der Waals surface area (Å²) in [5.74, 6) is -0.834. The molecule has 0 aliphatic heterocycles. The van der Waals surface area contributed by atoms with Crippen molar-refractivity contribution in [3.63, 3.8) is 0 Å². The van der Waals surface area contributed by atoms with E-state index >= 15 is 0 Å². The second-order valence-corrected chi connectivity index (χ2v) is 13.9. The average Bonchev–Trinajstić information content (AvgIpc) is 3.35. The molecule has 1 amide bonds. The molecule has 2 aliphatic rings. The van der Waals surface area contributed by atoms with Crippen molar-refractivity contribution in [3.8, 4) is 0 Å². The van der Waals surface area contributed by atoms with Crippen LogP contribution in [0.25, 0.3) is 0 Å². The molecule has 3 atom stereocenters. The van der Waals surface area contributed by atoms with E-state index in [0.717, 1.165) is 12.8 Å². The largest absolute Gasteiger partial charge is 0.460 e. The summed E-state index contributed by atoms with van der Waals surface area (Å²) in [6.45, 7) is 16.2. The molecule has 0 spiro atoms. The van der Waals surface area contributed by atoms with E-state index in [4.69, 9.17) is 14.2 Å². The summed E-state index contributed by atoms with van der Waals surface area (Å²) in [5.41, 5.74) is -2.92. The number of esters is 3. The van der Waals surface area contributed by atoms with Gasteiger partial charge in [0, 0.05) is 30.7 Å². The molecule has 1 saturated carbocycles. The lowest BCUT2D eigenvalue weighted by Crippen LogP contribution is -2.52. The molecule has 0 heterocycles. The van der Waals surface area contributed by atoms with Crippen LogP contribution in [-0.2, 0) is 33.4 Å². The number of hydrogen-bond donors (Lipinski definition) is 1. The number of allylic oxidation sites excluding steroid dienone is 2. The number of rotatable bonds is 11. The van der Waals surface area contributed by atoms with Crippen molar-refractivity contribution in [2.75, 3.05) is 0 Å². The summed E-state index contributed by atoms with van der Waals surface area (Å²) in [6.07, 6.45) is 6.86. The van der Waals surface area contributed by atoms with Gasteiger partial charge in [0.15, 0.2) is 0 Å². The Morgan fingerprint density at radius 1 is 0.658 bits per heavy atom. The Hall–Kier alpha value is -2.38. The second kappa shape index (κ2) is 12.2. The van der Waals surface area contributed by atoms with Crippen molar-refractivity contribution in [3.05, 3.63) is 12.2 Å². The molecule has 8 nitrogen and oxygen atoms in total. The van der Waals surface area contributed by atoms with Crippen LogP contribution in [0, 0.1) is 17.8 Å². The lowest BCUT2D eigenvalue weighted by Gasteiger charge is -2.37. The molecule has 2 rings (SSSR count). The SMILES string of the molecule is CC(C)(C)OC(=O)CCC(CCC(=O)OC(C)(C)C)(CCC(=O)OC(C)(C)C)NC(=O)C1CC2C=CC1C2. The average molecular weight is 536 g/mol. The van der Waals surface area contributed by atoms with Crippen molar-refractivity contribution in [1.29, 1.82) is 0 Å². The second-order valence-electron chi connectivity index (χ2n) is 13.9. The van der Waals surface area contributed by atoms with Gasteiger partial charge in [0.25, 0.3) is 0 Å². The van der Waals surface area contributed by atoms with Gasteiger partial charge in [-0.3, -0.25) is 19.2 Å². The number of ether oxygens (including phenoxy) is 3. The van der Waals surface area contributed by atoms with Crippen molar-refractivity contribution in [1.82, 2.24) is 5.32 Å².